The Morgan fingerprint density at radius 2 is 1.73 bits per heavy atom. The number of aryl methyl sites for hydroxylation is 1. The lowest BCUT2D eigenvalue weighted by Crippen LogP contribution is -2.77. The van der Waals surface area contributed by atoms with Gasteiger partial charge in [-0.15, -0.1) is 11.3 Å². The van der Waals surface area contributed by atoms with Crippen molar-refractivity contribution in [2.24, 2.45) is 29.4 Å². The van der Waals surface area contributed by atoms with Gasteiger partial charge in [0.1, 0.15) is 5.75 Å². The minimum atomic E-state index is -3.05. The molecule has 0 saturated heterocycles. The molecule has 2 aromatic carbocycles. The number of nitrogens with zero attached hydrogens (tertiary/aromatic N) is 2. The summed E-state index contributed by atoms with van der Waals surface area (Å²) in [6, 6.07) is 11.3. The van der Waals surface area contributed by atoms with Crippen LogP contribution in [0.1, 0.15) is 33.6 Å². The highest BCUT2D eigenvalue weighted by Gasteiger charge is 2.72. The second-order valence-electron chi connectivity index (χ2n) is 12.2. The predicted molar refractivity (Wildman–Crippen MR) is 163 cm³/mol. The first-order valence-electron chi connectivity index (χ1n) is 14.4. The smallest absolute Gasteiger partial charge is 0.235 e. The maximum atomic E-state index is 14.2. The number of phenols is 1. The first kappa shape index (κ1) is 30.7. The Balaban J connectivity index is 1.42. The summed E-state index contributed by atoms with van der Waals surface area (Å²) in [5, 5.41) is 38.4. The summed E-state index contributed by atoms with van der Waals surface area (Å²) in [7, 11) is 2.90. The average Bonchev–Trinajstić information content (AvgIpc) is 3.35. The van der Waals surface area contributed by atoms with Crippen molar-refractivity contribution >= 4 is 51.2 Å². The van der Waals surface area contributed by atoms with Crippen LogP contribution in [0.2, 0.25) is 0 Å². The third-order valence-electron chi connectivity index (χ3n) is 9.57. The molecule has 13 heteroatoms. The number of ketones is 4. The summed E-state index contributed by atoms with van der Waals surface area (Å²) in [6.07, 6.45) is -1.69. The SMILES string of the molecule is Cc1sc(Nc2ccc3c(c2O)C(=O)C2C(=O)[C@]4(O)C(=O)C(C(N)=O)C(=O)[C@@H](N(C)C)[C@@H]4[C@@H](O)[C@@H]2[C@H]3C)nc1-c1ccccc1. The van der Waals surface area contributed by atoms with E-state index < -0.39 is 82.1 Å². The molecule has 234 valence electrons. The van der Waals surface area contributed by atoms with E-state index in [0.717, 1.165) is 16.1 Å². The van der Waals surface area contributed by atoms with Crippen molar-refractivity contribution in [1.82, 2.24) is 9.88 Å². The number of carbonyl (C=O) groups is 5. The van der Waals surface area contributed by atoms with Crippen LogP contribution in [0.25, 0.3) is 11.3 Å². The zero-order valence-corrected chi connectivity index (χ0v) is 25.7. The molecule has 2 unspecified atom stereocenters. The molecule has 0 spiro atoms. The zero-order chi connectivity index (χ0) is 32.7. The normalized spacial score (nSPS) is 31.0. The van der Waals surface area contributed by atoms with Crippen molar-refractivity contribution in [2.45, 2.75) is 37.5 Å². The fourth-order valence-corrected chi connectivity index (χ4v) is 8.37. The fourth-order valence-electron chi connectivity index (χ4n) is 7.52. The number of likely N-dealkylation sites (N-methyl/N-ethyl adjacent to an activating group) is 1. The van der Waals surface area contributed by atoms with Crippen LogP contribution in [0, 0.1) is 30.6 Å². The number of nitrogens with two attached hydrogens (primary N) is 1. The summed E-state index contributed by atoms with van der Waals surface area (Å²) in [4.78, 5) is 74.2. The van der Waals surface area contributed by atoms with Crippen molar-refractivity contribution in [3.05, 3.63) is 58.5 Å². The van der Waals surface area contributed by atoms with Gasteiger partial charge in [0.05, 0.1) is 40.9 Å². The summed E-state index contributed by atoms with van der Waals surface area (Å²) in [5.74, 6) is -13.7. The molecule has 1 amide bonds. The number of aliphatic hydroxyl groups excluding tert-OH is 1. The topological polar surface area (TPSA) is 200 Å². The molecule has 0 radical (unpaired) electrons. The minimum absolute atomic E-state index is 0.141. The third kappa shape index (κ3) is 4.29. The van der Waals surface area contributed by atoms with E-state index in [0.29, 0.717) is 10.7 Å². The third-order valence-corrected chi connectivity index (χ3v) is 10.5. The molecule has 2 fully saturated rings. The number of aromatic hydroxyl groups is 1. The number of aliphatic hydroxyl groups is 2. The number of benzene rings is 2. The maximum Gasteiger partial charge on any atom is 0.235 e. The van der Waals surface area contributed by atoms with Crippen molar-refractivity contribution in [1.29, 1.82) is 0 Å². The van der Waals surface area contributed by atoms with Crippen molar-refractivity contribution in [2.75, 3.05) is 19.4 Å². The molecule has 3 aliphatic rings. The summed E-state index contributed by atoms with van der Waals surface area (Å²) >= 11 is 1.34. The number of anilines is 2. The molecule has 3 aliphatic carbocycles. The van der Waals surface area contributed by atoms with E-state index in [9.17, 15) is 39.3 Å². The van der Waals surface area contributed by atoms with E-state index in [-0.39, 0.29) is 11.3 Å². The Morgan fingerprint density at radius 1 is 1.07 bits per heavy atom. The van der Waals surface area contributed by atoms with Gasteiger partial charge in [-0.25, -0.2) is 4.98 Å². The number of thiazole rings is 1. The van der Waals surface area contributed by atoms with Gasteiger partial charge in [0.2, 0.25) is 5.91 Å². The highest BCUT2D eigenvalue weighted by molar-refractivity contribution is 7.16. The molecular formula is C32H32N4O8S. The number of hydrogen-bond acceptors (Lipinski definition) is 12. The van der Waals surface area contributed by atoms with Gasteiger partial charge in [-0.1, -0.05) is 43.3 Å². The number of primary amides is 1. The van der Waals surface area contributed by atoms with Crippen LogP contribution in [-0.2, 0) is 19.2 Å². The highest BCUT2D eigenvalue weighted by atomic mass is 32.1. The Morgan fingerprint density at radius 3 is 2.36 bits per heavy atom. The van der Waals surface area contributed by atoms with Crippen LogP contribution in [-0.4, -0.2) is 86.1 Å². The molecule has 3 aromatic rings. The van der Waals surface area contributed by atoms with Gasteiger partial charge in [0.15, 0.2) is 39.8 Å². The number of phenolic OH excluding ortho intramolecular Hbond substituents is 1. The van der Waals surface area contributed by atoms with Crippen molar-refractivity contribution in [3.63, 3.8) is 0 Å². The van der Waals surface area contributed by atoms with Gasteiger partial charge >= 0.3 is 0 Å². The molecule has 0 aliphatic heterocycles. The lowest BCUT2D eigenvalue weighted by Gasteiger charge is -2.56. The van der Waals surface area contributed by atoms with E-state index in [2.05, 4.69) is 10.3 Å². The molecule has 12 nitrogen and oxygen atoms in total. The number of amides is 1. The summed E-state index contributed by atoms with van der Waals surface area (Å²) < 4.78 is 0. The van der Waals surface area contributed by atoms with Gasteiger partial charge in [0, 0.05) is 16.4 Å². The molecule has 0 bridgehead atoms. The molecule has 1 heterocycles. The Kier molecular flexibility index (Phi) is 7.27. The molecule has 6 N–H and O–H groups in total. The zero-order valence-electron chi connectivity index (χ0n) is 24.8. The van der Waals surface area contributed by atoms with Crippen LogP contribution in [0.5, 0.6) is 5.75 Å². The van der Waals surface area contributed by atoms with Gasteiger partial charge in [-0.3, -0.25) is 28.9 Å². The maximum absolute atomic E-state index is 14.2. The number of fused-ring (bicyclic) bond motifs is 3. The minimum Gasteiger partial charge on any atom is -0.505 e. The quantitative estimate of drug-likeness (QED) is 0.202. The molecule has 1 aromatic heterocycles. The van der Waals surface area contributed by atoms with E-state index in [1.165, 1.54) is 30.3 Å². The van der Waals surface area contributed by atoms with E-state index in [1.807, 2.05) is 37.3 Å². The largest absolute Gasteiger partial charge is 0.505 e. The van der Waals surface area contributed by atoms with Crippen LogP contribution in [0.15, 0.2) is 42.5 Å². The lowest BCUT2D eigenvalue weighted by atomic mass is 9.49. The summed E-state index contributed by atoms with van der Waals surface area (Å²) in [5.41, 5.74) is 4.27. The number of Topliss-reactive ketones (excluding diaryl/α,β-unsaturated/α-hetero) is 4. The average molecular weight is 633 g/mol. The molecule has 45 heavy (non-hydrogen) atoms. The molecule has 2 saturated carbocycles. The van der Waals surface area contributed by atoms with E-state index >= 15 is 0 Å². The van der Waals surface area contributed by atoms with Gasteiger partial charge in [-0.05, 0) is 38.6 Å². The van der Waals surface area contributed by atoms with Crippen LogP contribution in [0.4, 0.5) is 10.8 Å². The lowest BCUT2D eigenvalue weighted by molar-refractivity contribution is -0.196. The Bertz CT molecular complexity index is 1790. The first-order chi connectivity index (χ1) is 21.2. The van der Waals surface area contributed by atoms with Crippen LogP contribution >= 0.6 is 11.3 Å². The second-order valence-corrected chi connectivity index (χ2v) is 13.4. The Labute approximate surface area is 261 Å². The van der Waals surface area contributed by atoms with Crippen molar-refractivity contribution in [3.8, 4) is 17.0 Å². The van der Waals surface area contributed by atoms with E-state index in [1.54, 1.807) is 19.1 Å². The standard InChI is InChI=1S/C32H32N4O8S/c1-12-15-10-11-16(34-31-35-22(13(2)45-31)14-8-6-5-7-9-14)24(37)18(15)25(38)19-17(12)26(39)21-23(36(3)4)27(40)20(30(33)43)29(42)32(21,44)28(19)41/h5-12,17,19-21,23,26,37,39,44H,1-4H3,(H2,33,43)(H,34,35)/t12-,17+,19?,20?,21+,23-,26-,32-/m0/s1. The molecule has 6 rings (SSSR count). The number of hydrogen-bond donors (Lipinski definition) is 5. The summed E-state index contributed by atoms with van der Waals surface area (Å²) in [6.45, 7) is 3.57. The fraction of sp³-hybridized carbons (Fsp3) is 0.375. The number of nitrogens with one attached hydrogen (secondary N) is 1. The molecule has 8 atom stereocenters. The van der Waals surface area contributed by atoms with Crippen molar-refractivity contribution < 1.29 is 39.3 Å². The Hall–Kier alpha value is -4.30. The van der Waals surface area contributed by atoms with E-state index in [4.69, 9.17) is 5.73 Å². The van der Waals surface area contributed by atoms with Gasteiger partial charge in [0.25, 0.3) is 0 Å². The monoisotopic (exact) mass is 632 g/mol. The second kappa shape index (κ2) is 10.7. The first-order valence-corrected chi connectivity index (χ1v) is 15.2. The molecular weight excluding hydrogens is 600 g/mol. The highest BCUT2D eigenvalue weighted by Crippen LogP contribution is 2.55. The van der Waals surface area contributed by atoms with Crippen LogP contribution < -0.4 is 11.1 Å². The number of carbonyl (C=O) groups excluding carboxylic acids is 5. The van der Waals surface area contributed by atoms with Crippen LogP contribution in [0.3, 0.4) is 0 Å². The predicted octanol–water partition coefficient (Wildman–Crippen LogP) is 1.57. The number of rotatable bonds is 5. The van der Waals surface area contributed by atoms with Gasteiger partial charge < -0.3 is 26.4 Å². The number of aromatic nitrogens is 1. The van der Waals surface area contributed by atoms with Gasteiger partial charge in [-0.2, -0.15) is 0 Å².